The summed E-state index contributed by atoms with van der Waals surface area (Å²) in [6.07, 6.45) is 0. The molecule has 0 heterocycles. The van der Waals surface area contributed by atoms with E-state index in [1.54, 1.807) is 0 Å². The van der Waals surface area contributed by atoms with Crippen LogP contribution in [0.3, 0.4) is 0 Å². The van der Waals surface area contributed by atoms with E-state index in [1.807, 2.05) is 31.2 Å². The lowest BCUT2D eigenvalue weighted by Gasteiger charge is -1.81. The Balaban J connectivity index is 3.02. The van der Waals surface area contributed by atoms with Crippen LogP contribution in [0.15, 0.2) is 24.3 Å². The lowest BCUT2D eigenvalue weighted by molar-refractivity contribution is 1.46. The molecular formula is C7H7. The molecule has 0 spiro atoms. The molecule has 1 radical (unpaired) electrons. The van der Waals surface area contributed by atoms with Gasteiger partial charge < -0.3 is 0 Å². The maximum absolute atomic E-state index is 3.03. The first kappa shape index (κ1) is 4.38. The fraction of sp³-hybridized carbons (Fsp3) is 0.143. The number of aryl methyl sites for hydroxylation is 1. The molecule has 0 bridgehead atoms. The molecule has 0 atom stereocenters. The summed E-state index contributed by atoms with van der Waals surface area (Å²) < 4.78 is 0. The molecule has 0 fully saturated rings. The topological polar surface area (TPSA) is 0 Å². The summed E-state index contributed by atoms with van der Waals surface area (Å²) >= 11 is 0. The highest BCUT2D eigenvalue weighted by Crippen LogP contribution is 1.90. The van der Waals surface area contributed by atoms with E-state index in [2.05, 4.69) is 6.07 Å². The third-order valence-electron chi connectivity index (χ3n) is 0.865. The predicted octanol–water partition coefficient (Wildman–Crippen LogP) is 1.80. The van der Waals surface area contributed by atoms with Crippen molar-refractivity contribution >= 4 is 0 Å². The highest BCUT2D eigenvalue weighted by Gasteiger charge is 1.73. The second kappa shape index (κ2) is 1.78. The Morgan fingerprint density at radius 2 is 2.29 bits per heavy atom. The third-order valence-corrected chi connectivity index (χ3v) is 0.865. The molecule has 0 saturated heterocycles. The average Bonchev–Trinajstić information content (AvgIpc) is 1.69. The van der Waals surface area contributed by atoms with Crippen LogP contribution in [0.2, 0.25) is 0 Å². The number of benzene rings is 1. The van der Waals surface area contributed by atoms with Crippen molar-refractivity contribution in [2.45, 2.75) is 6.92 Å². The highest BCUT2D eigenvalue weighted by molar-refractivity contribution is 5.09. The lowest BCUT2D eigenvalue weighted by atomic mass is 10.2. The second-order valence-electron chi connectivity index (χ2n) is 1.55. The summed E-state index contributed by atoms with van der Waals surface area (Å²) in [7, 11) is 0. The zero-order valence-corrected chi connectivity index (χ0v) is 4.31. The standard InChI is InChI=1S/C7H7/c1-7-5-3-2-4-6-7/h2-5H,1H3. The van der Waals surface area contributed by atoms with Crippen molar-refractivity contribution in [1.82, 2.24) is 0 Å². The lowest BCUT2D eigenvalue weighted by Crippen LogP contribution is -1.63. The molecule has 0 aliphatic carbocycles. The van der Waals surface area contributed by atoms with Crippen molar-refractivity contribution in [3.8, 4) is 0 Å². The molecule has 7 heavy (non-hydrogen) atoms. The van der Waals surface area contributed by atoms with Gasteiger partial charge in [0.1, 0.15) is 0 Å². The smallest absolute Gasteiger partial charge is 0.0152 e. The van der Waals surface area contributed by atoms with Crippen LogP contribution in [0, 0.1) is 13.0 Å². The van der Waals surface area contributed by atoms with Crippen LogP contribution in [-0.2, 0) is 0 Å². The van der Waals surface area contributed by atoms with Crippen LogP contribution in [0.25, 0.3) is 0 Å². The summed E-state index contributed by atoms with van der Waals surface area (Å²) in [5, 5.41) is 0. The normalized spacial score (nSPS) is 8.71. The molecule has 0 heteroatoms. The number of hydrogen-bond acceptors (Lipinski definition) is 0. The van der Waals surface area contributed by atoms with E-state index in [1.165, 1.54) is 5.56 Å². The van der Waals surface area contributed by atoms with Crippen LogP contribution in [0.4, 0.5) is 0 Å². The van der Waals surface area contributed by atoms with Gasteiger partial charge in [-0.05, 0) is 18.6 Å². The Morgan fingerprint density at radius 1 is 1.43 bits per heavy atom. The Kier molecular flexibility index (Phi) is 1.12. The maximum Gasteiger partial charge on any atom is -0.0152 e. The monoisotopic (exact) mass is 91.1 g/mol. The van der Waals surface area contributed by atoms with Crippen molar-refractivity contribution in [3.05, 3.63) is 35.9 Å². The minimum absolute atomic E-state index is 1.20. The Hall–Kier alpha value is -0.780. The van der Waals surface area contributed by atoms with Crippen molar-refractivity contribution in [3.63, 3.8) is 0 Å². The van der Waals surface area contributed by atoms with E-state index in [4.69, 9.17) is 0 Å². The van der Waals surface area contributed by atoms with Gasteiger partial charge in [0.05, 0.1) is 0 Å². The van der Waals surface area contributed by atoms with Crippen molar-refractivity contribution < 1.29 is 0 Å². The Bertz CT molecular complexity index is 130. The van der Waals surface area contributed by atoms with Crippen molar-refractivity contribution in [1.29, 1.82) is 0 Å². The second-order valence-corrected chi connectivity index (χ2v) is 1.55. The molecule has 0 aliphatic heterocycles. The van der Waals surface area contributed by atoms with Gasteiger partial charge in [0.25, 0.3) is 0 Å². The van der Waals surface area contributed by atoms with Crippen LogP contribution in [0.1, 0.15) is 5.56 Å². The van der Waals surface area contributed by atoms with Gasteiger partial charge in [-0.3, -0.25) is 0 Å². The molecule has 1 aromatic rings. The molecule has 0 nitrogen and oxygen atoms in total. The Labute approximate surface area is 43.8 Å². The highest BCUT2D eigenvalue weighted by atomic mass is 13.8. The largest absolute Gasteiger partial charge is 0.0620 e. The van der Waals surface area contributed by atoms with Crippen molar-refractivity contribution in [2.24, 2.45) is 0 Å². The SMILES string of the molecule is Cc1[c]cccc1. The third kappa shape index (κ3) is 1.04. The molecule has 0 unspecified atom stereocenters. The summed E-state index contributed by atoms with van der Waals surface area (Å²) in [5.41, 5.74) is 1.20. The molecule has 0 saturated carbocycles. The van der Waals surface area contributed by atoms with E-state index in [0.29, 0.717) is 0 Å². The predicted molar refractivity (Wildman–Crippen MR) is 30.0 cm³/mol. The molecule has 1 aromatic carbocycles. The summed E-state index contributed by atoms with van der Waals surface area (Å²) in [6, 6.07) is 10.9. The van der Waals surface area contributed by atoms with E-state index < -0.39 is 0 Å². The fourth-order valence-electron chi connectivity index (χ4n) is 0.483. The Morgan fingerprint density at radius 3 is 2.57 bits per heavy atom. The van der Waals surface area contributed by atoms with Gasteiger partial charge in [-0.25, -0.2) is 0 Å². The molecule has 0 N–H and O–H groups in total. The number of hydrogen-bond donors (Lipinski definition) is 0. The average molecular weight is 91.1 g/mol. The molecule has 0 amide bonds. The molecule has 1 rings (SSSR count). The zero-order chi connectivity index (χ0) is 5.11. The quantitative estimate of drug-likeness (QED) is 0.456. The van der Waals surface area contributed by atoms with Gasteiger partial charge in [0.15, 0.2) is 0 Å². The molecule has 0 aliphatic rings. The number of rotatable bonds is 0. The first-order chi connectivity index (χ1) is 3.39. The van der Waals surface area contributed by atoms with E-state index in [0.717, 1.165) is 0 Å². The van der Waals surface area contributed by atoms with E-state index in [9.17, 15) is 0 Å². The van der Waals surface area contributed by atoms with E-state index in [-0.39, 0.29) is 0 Å². The van der Waals surface area contributed by atoms with Gasteiger partial charge in [-0.2, -0.15) is 0 Å². The molecule has 0 aromatic heterocycles. The summed E-state index contributed by atoms with van der Waals surface area (Å²) in [4.78, 5) is 0. The first-order valence-corrected chi connectivity index (χ1v) is 2.33. The van der Waals surface area contributed by atoms with Crippen LogP contribution in [-0.4, -0.2) is 0 Å². The van der Waals surface area contributed by atoms with Crippen LogP contribution < -0.4 is 0 Å². The minimum Gasteiger partial charge on any atom is -0.0620 e. The van der Waals surface area contributed by atoms with Gasteiger partial charge in [-0.15, -0.1) is 0 Å². The van der Waals surface area contributed by atoms with Crippen molar-refractivity contribution in [2.75, 3.05) is 0 Å². The molecule has 35 valence electrons. The fourth-order valence-corrected chi connectivity index (χ4v) is 0.483. The van der Waals surface area contributed by atoms with Gasteiger partial charge in [-0.1, -0.05) is 24.3 Å². The van der Waals surface area contributed by atoms with Crippen LogP contribution >= 0.6 is 0 Å². The van der Waals surface area contributed by atoms with E-state index >= 15 is 0 Å². The van der Waals surface area contributed by atoms with Gasteiger partial charge in [0.2, 0.25) is 0 Å². The summed E-state index contributed by atoms with van der Waals surface area (Å²) in [5.74, 6) is 0. The van der Waals surface area contributed by atoms with Gasteiger partial charge >= 0.3 is 0 Å². The first-order valence-electron chi connectivity index (χ1n) is 2.33. The zero-order valence-electron chi connectivity index (χ0n) is 4.31. The van der Waals surface area contributed by atoms with Crippen LogP contribution in [0.5, 0.6) is 0 Å². The minimum atomic E-state index is 1.20. The molecular weight excluding hydrogens is 84.1 g/mol. The summed E-state index contributed by atoms with van der Waals surface area (Å²) in [6.45, 7) is 2.03. The van der Waals surface area contributed by atoms with Gasteiger partial charge in [0, 0.05) is 0 Å². The maximum atomic E-state index is 3.03.